The number of para-hydroxylation sites is 2. The van der Waals surface area contributed by atoms with Crippen molar-refractivity contribution in [2.24, 2.45) is 5.92 Å². The third-order valence-electron chi connectivity index (χ3n) is 6.24. The molecule has 4 N–H and O–H groups in total. The Bertz CT molecular complexity index is 814. The van der Waals surface area contributed by atoms with Crippen LogP contribution in [0.2, 0.25) is 0 Å². The predicted molar refractivity (Wildman–Crippen MR) is 120 cm³/mol. The molecule has 154 valence electrons. The highest BCUT2D eigenvalue weighted by molar-refractivity contribution is 6.05. The van der Waals surface area contributed by atoms with E-state index in [9.17, 15) is 4.79 Å². The van der Waals surface area contributed by atoms with E-state index in [1.54, 1.807) is 6.07 Å². The van der Waals surface area contributed by atoms with Gasteiger partial charge in [-0.3, -0.25) is 4.79 Å². The summed E-state index contributed by atoms with van der Waals surface area (Å²) in [5, 5.41) is 6.51. The summed E-state index contributed by atoms with van der Waals surface area (Å²) in [5.74, 6) is 0.757. The molecule has 1 saturated carbocycles. The van der Waals surface area contributed by atoms with Gasteiger partial charge in [-0.05, 0) is 61.6 Å². The number of anilines is 3. The van der Waals surface area contributed by atoms with Crippen LogP contribution in [-0.2, 0) is 0 Å². The molecule has 1 amide bonds. The van der Waals surface area contributed by atoms with Crippen molar-refractivity contribution in [1.82, 2.24) is 4.90 Å². The number of carbonyl (C=O) groups excluding carboxylic acids is 1. The Kier molecular flexibility index (Phi) is 6.35. The number of likely N-dealkylation sites (tertiary alicyclic amines) is 1. The molecule has 0 bridgehead atoms. The summed E-state index contributed by atoms with van der Waals surface area (Å²) >= 11 is 0. The van der Waals surface area contributed by atoms with Gasteiger partial charge in [-0.25, -0.2) is 0 Å². The Morgan fingerprint density at radius 1 is 1.00 bits per heavy atom. The summed E-state index contributed by atoms with van der Waals surface area (Å²) in [4.78, 5) is 15.1. The zero-order chi connectivity index (χ0) is 20.1. The summed E-state index contributed by atoms with van der Waals surface area (Å²) in [6.07, 6.45) is 8.25. The van der Waals surface area contributed by atoms with E-state index in [1.807, 2.05) is 42.5 Å². The Morgan fingerprint density at radius 3 is 2.52 bits per heavy atom. The molecule has 5 heteroatoms. The minimum Gasteiger partial charge on any atom is -0.397 e. The molecule has 1 atom stereocenters. The summed E-state index contributed by atoms with van der Waals surface area (Å²) < 4.78 is 0. The molecule has 1 aliphatic heterocycles. The maximum Gasteiger partial charge on any atom is 0.255 e. The third-order valence-corrected chi connectivity index (χ3v) is 6.24. The molecule has 1 aliphatic carbocycles. The smallest absolute Gasteiger partial charge is 0.255 e. The van der Waals surface area contributed by atoms with Crippen LogP contribution in [0.25, 0.3) is 0 Å². The second-order valence-corrected chi connectivity index (χ2v) is 8.51. The highest BCUT2D eigenvalue weighted by Crippen LogP contribution is 2.26. The Labute approximate surface area is 173 Å². The van der Waals surface area contributed by atoms with Gasteiger partial charge in [-0.1, -0.05) is 31.4 Å². The van der Waals surface area contributed by atoms with E-state index in [1.165, 1.54) is 51.6 Å². The zero-order valence-corrected chi connectivity index (χ0v) is 17.1. The van der Waals surface area contributed by atoms with Crippen molar-refractivity contribution in [3.8, 4) is 0 Å². The molecule has 0 radical (unpaired) electrons. The van der Waals surface area contributed by atoms with Gasteiger partial charge in [0, 0.05) is 36.9 Å². The summed E-state index contributed by atoms with van der Waals surface area (Å²) in [6.45, 7) is 3.57. The largest absolute Gasteiger partial charge is 0.397 e. The van der Waals surface area contributed by atoms with E-state index in [2.05, 4.69) is 15.5 Å². The number of nitrogens with zero attached hydrogens (tertiary/aromatic N) is 1. The first kappa shape index (κ1) is 19.8. The molecule has 0 aromatic heterocycles. The minimum absolute atomic E-state index is 0.144. The van der Waals surface area contributed by atoms with Crippen molar-refractivity contribution in [2.45, 2.75) is 44.6 Å². The van der Waals surface area contributed by atoms with Crippen LogP contribution in [0.5, 0.6) is 0 Å². The Hall–Kier alpha value is -2.53. The second-order valence-electron chi connectivity index (χ2n) is 8.51. The lowest BCUT2D eigenvalue weighted by Gasteiger charge is -2.26. The second kappa shape index (κ2) is 9.31. The molecule has 2 aliphatic rings. The van der Waals surface area contributed by atoms with E-state index < -0.39 is 0 Å². The average molecular weight is 393 g/mol. The summed E-state index contributed by atoms with van der Waals surface area (Å²) in [6, 6.07) is 15.5. The number of benzene rings is 2. The highest BCUT2D eigenvalue weighted by atomic mass is 16.1. The minimum atomic E-state index is -0.144. The van der Waals surface area contributed by atoms with Crippen molar-refractivity contribution in [2.75, 3.05) is 36.0 Å². The molecular formula is C24H32N4O. The van der Waals surface area contributed by atoms with E-state index >= 15 is 0 Å². The highest BCUT2D eigenvalue weighted by Gasteiger charge is 2.25. The third kappa shape index (κ3) is 5.30. The number of nitrogens with two attached hydrogens (primary N) is 1. The van der Waals surface area contributed by atoms with E-state index in [-0.39, 0.29) is 5.91 Å². The van der Waals surface area contributed by atoms with Gasteiger partial charge in [0.15, 0.2) is 0 Å². The predicted octanol–water partition coefficient (Wildman–Crippen LogP) is 4.59. The monoisotopic (exact) mass is 392 g/mol. The average Bonchev–Trinajstić information content (AvgIpc) is 3.17. The van der Waals surface area contributed by atoms with Gasteiger partial charge in [-0.2, -0.15) is 0 Å². The Balaban J connectivity index is 1.27. The van der Waals surface area contributed by atoms with Gasteiger partial charge in [0.1, 0.15) is 0 Å². The number of amides is 1. The Morgan fingerprint density at radius 2 is 1.76 bits per heavy atom. The number of nitrogen functional groups attached to an aromatic ring is 1. The van der Waals surface area contributed by atoms with Crippen LogP contribution in [-0.4, -0.2) is 36.5 Å². The van der Waals surface area contributed by atoms with Crippen LogP contribution >= 0.6 is 0 Å². The molecule has 0 spiro atoms. The SMILES string of the molecule is Nc1ccccc1NC(=O)c1ccc(NC2CCN(CC3CCCCC3)C2)cc1. The normalized spacial score (nSPS) is 20.5. The molecule has 29 heavy (non-hydrogen) atoms. The number of hydrogen-bond donors (Lipinski definition) is 3. The molecule has 1 unspecified atom stereocenters. The number of rotatable bonds is 6. The lowest BCUT2D eigenvalue weighted by atomic mass is 9.89. The summed E-state index contributed by atoms with van der Waals surface area (Å²) in [7, 11) is 0. The molecule has 2 aromatic carbocycles. The maximum absolute atomic E-state index is 12.5. The first-order chi connectivity index (χ1) is 14.2. The zero-order valence-electron chi connectivity index (χ0n) is 17.1. The van der Waals surface area contributed by atoms with E-state index in [4.69, 9.17) is 5.73 Å². The van der Waals surface area contributed by atoms with Gasteiger partial charge in [0.25, 0.3) is 5.91 Å². The topological polar surface area (TPSA) is 70.4 Å². The van der Waals surface area contributed by atoms with Crippen LogP contribution in [0.15, 0.2) is 48.5 Å². The van der Waals surface area contributed by atoms with Crippen LogP contribution in [0.3, 0.4) is 0 Å². The fourth-order valence-corrected chi connectivity index (χ4v) is 4.61. The lowest BCUT2D eigenvalue weighted by Crippen LogP contribution is -2.31. The molecular weight excluding hydrogens is 360 g/mol. The van der Waals surface area contributed by atoms with Gasteiger partial charge >= 0.3 is 0 Å². The first-order valence-corrected chi connectivity index (χ1v) is 10.9. The van der Waals surface area contributed by atoms with Crippen LogP contribution < -0.4 is 16.4 Å². The van der Waals surface area contributed by atoms with Crippen molar-refractivity contribution < 1.29 is 4.79 Å². The summed E-state index contributed by atoms with van der Waals surface area (Å²) in [5.41, 5.74) is 8.82. The van der Waals surface area contributed by atoms with Gasteiger partial charge in [0.05, 0.1) is 11.4 Å². The molecule has 5 nitrogen and oxygen atoms in total. The van der Waals surface area contributed by atoms with Crippen molar-refractivity contribution in [1.29, 1.82) is 0 Å². The number of carbonyl (C=O) groups is 1. The molecule has 1 heterocycles. The van der Waals surface area contributed by atoms with Crippen molar-refractivity contribution in [3.05, 3.63) is 54.1 Å². The lowest BCUT2D eigenvalue weighted by molar-refractivity contribution is 0.102. The fourth-order valence-electron chi connectivity index (χ4n) is 4.61. The molecule has 2 fully saturated rings. The van der Waals surface area contributed by atoms with Crippen molar-refractivity contribution >= 4 is 23.0 Å². The first-order valence-electron chi connectivity index (χ1n) is 10.9. The van der Waals surface area contributed by atoms with E-state index in [0.717, 1.165) is 18.2 Å². The van der Waals surface area contributed by atoms with Crippen LogP contribution in [0.4, 0.5) is 17.1 Å². The molecule has 4 rings (SSSR count). The van der Waals surface area contributed by atoms with E-state index in [0.29, 0.717) is 23.0 Å². The van der Waals surface area contributed by atoms with Crippen LogP contribution in [0, 0.1) is 5.92 Å². The molecule has 1 saturated heterocycles. The van der Waals surface area contributed by atoms with Crippen molar-refractivity contribution in [3.63, 3.8) is 0 Å². The van der Waals surface area contributed by atoms with Crippen LogP contribution in [0.1, 0.15) is 48.9 Å². The number of hydrogen-bond acceptors (Lipinski definition) is 4. The maximum atomic E-state index is 12.5. The number of nitrogens with one attached hydrogen (secondary N) is 2. The molecule has 2 aromatic rings. The van der Waals surface area contributed by atoms with Gasteiger partial charge < -0.3 is 21.3 Å². The standard InChI is InChI=1S/C24H32N4O/c25-22-8-4-5-9-23(22)27-24(29)19-10-12-20(13-11-19)26-21-14-15-28(17-21)16-18-6-2-1-3-7-18/h4-5,8-13,18,21,26H,1-3,6-7,14-17,25H2,(H,27,29). The fraction of sp³-hybridized carbons (Fsp3) is 0.458. The van der Waals surface area contributed by atoms with Gasteiger partial charge in [0.2, 0.25) is 0 Å². The van der Waals surface area contributed by atoms with Gasteiger partial charge in [-0.15, -0.1) is 0 Å². The quantitative estimate of drug-likeness (QED) is 0.629.